The third-order valence-corrected chi connectivity index (χ3v) is 3.02. The third kappa shape index (κ3) is 3.26. The van der Waals surface area contributed by atoms with Gasteiger partial charge in [-0.1, -0.05) is 30.3 Å². The molecule has 0 aliphatic carbocycles. The van der Waals surface area contributed by atoms with E-state index in [0.29, 0.717) is 11.4 Å². The van der Waals surface area contributed by atoms with Gasteiger partial charge in [0, 0.05) is 23.9 Å². The minimum atomic E-state index is -0.430. The summed E-state index contributed by atoms with van der Waals surface area (Å²) in [6.45, 7) is 2.00. The van der Waals surface area contributed by atoms with Crippen LogP contribution in [0.2, 0.25) is 0 Å². The van der Waals surface area contributed by atoms with Crippen molar-refractivity contribution < 1.29 is 9.66 Å². The fraction of sp³-hybridized carbons (Fsp3) is 0.200. The SMILES string of the molecule is COc1cc(NC(C)c2ccccc2)cc([N+](=O)[O-])c1. The van der Waals surface area contributed by atoms with E-state index in [-0.39, 0.29) is 11.7 Å². The fourth-order valence-electron chi connectivity index (χ4n) is 1.96. The Kier molecular flexibility index (Phi) is 4.20. The van der Waals surface area contributed by atoms with Crippen molar-refractivity contribution in [1.29, 1.82) is 0 Å². The third-order valence-electron chi connectivity index (χ3n) is 3.02. The highest BCUT2D eigenvalue weighted by Gasteiger charge is 2.12. The predicted molar refractivity (Wildman–Crippen MR) is 78.1 cm³/mol. The molecule has 0 aromatic heterocycles. The van der Waals surface area contributed by atoms with Crippen molar-refractivity contribution in [2.75, 3.05) is 12.4 Å². The van der Waals surface area contributed by atoms with Gasteiger partial charge in [0.1, 0.15) is 5.75 Å². The van der Waals surface area contributed by atoms with E-state index in [1.165, 1.54) is 19.2 Å². The first-order valence-electron chi connectivity index (χ1n) is 6.25. The molecule has 0 saturated heterocycles. The Balaban J connectivity index is 2.24. The molecule has 0 fully saturated rings. The average Bonchev–Trinajstić information content (AvgIpc) is 2.47. The van der Waals surface area contributed by atoms with Crippen LogP contribution in [0.5, 0.6) is 5.75 Å². The zero-order valence-electron chi connectivity index (χ0n) is 11.4. The Morgan fingerprint density at radius 1 is 1.20 bits per heavy atom. The number of nitro benzene ring substituents is 1. The van der Waals surface area contributed by atoms with Crippen LogP contribution in [0.25, 0.3) is 0 Å². The summed E-state index contributed by atoms with van der Waals surface area (Å²) in [6.07, 6.45) is 0. The normalized spacial score (nSPS) is 11.7. The molecule has 0 bridgehead atoms. The van der Waals surface area contributed by atoms with Gasteiger partial charge in [0.05, 0.1) is 18.1 Å². The molecule has 5 heteroatoms. The van der Waals surface area contributed by atoms with Crippen molar-refractivity contribution in [3.05, 3.63) is 64.2 Å². The first-order valence-corrected chi connectivity index (χ1v) is 6.25. The molecule has 5 nitrogen and oxygen atoms in total. The van der Waals surface area contributed by atoms with E-state index < -0.39 is 4.92 Å². The van der Waals surface area contributed by atoms with Crippen LogP contribution in [-0.4, -0.2) is 12.0 Å². The topological polar surface area (TPSA) is 64.4 Å². The summed E-state index contributed by atoms with van der Waals surface area (Å²) in [5, 5.41) is 14.1. The molecular weight excluding hydrogens is 256 g/mol. The summed E-state index contributed by atoms with van der Waals surface area (Å²) in [4.78, 5) is 10.5. The molecule has 2 aromatic carbocycles. The van der Waals surface area contributed by atoms with Gasteiger partial charge in [-0.05, 0) is 12.5 Å². The van der Waals surface area contributed by atoms with Gasteiger partial charge >= 0.3 is 0 Å². The van der Waals surface area contributed by atoms with Crippen LogP contribution in [0.3, 0.4) is 0 Å². The summed E-state index contributed by atoms with van der Waals surface area (Å²) in [6, 6.07) is 14.6. The largest absolute Gasteiger partial charge is 0.496 e. The lowest BCUT2D eigenvalue weighted by molar-refractivity contribution is -0.384. The zero-order valence-corrected chi connectivity index (χ0v) is 11.4. The first kappa shape index (κ1) is 13.9. The van der Waals surface area contributed by atoms with Gasteiger partial charge in [0.2, 0.25) is 0 Å². The monoisotopic (exact) mass is 272 g/mol. The molecule has 0 saturated carbocycles. The fourth-order valence-corrected chi connectivity index (χ4v) is 1.96. The molecule has 0 aliphatic rings. The molecule has 1 atom stereocenters. The number of nitrogens with zero attached hydrogens (tertiary/aromatic N) is 1. The first-order chi connectivity index (χ1) is 9.60. The quantitative estimate of drug-likeness (QED) is 0.664. The molecule has 0 heterocycles. The number of nitrogens with one attached hydrogen (secondary N) is 1. The molecule has 2 rings (SSSR count). The Hall–Kier alpha value is -2.56. The Labute approximate surface area is 117 Å². The number of methoxy groups -OCH3 is 1. The molecule has 0 spiro atoms. The molecule has 1 unspecified atom stereocenters. The van der Waals surface area contributed by atoms with Gasteiger partial charge in [-0.3, -0.25) is 10.1 Å². The summed E-state index contributed by atoms with van der Waals surface area (Å²) < 4.78 is 5.09. The van der Waals surface area contributed by atoms with E-state index >= 15 is 0 Å². The minimum absolute atomic E-state index is 0.00658. The second kappa shape index (κ2) is 6.06. The standard InChI is InChI=1S/C15H16N2O3/c1-11(12-6-4-3-5-7-12)16-13-8-14(17(18)19)10-15(9-13)20-2/h3-11,16H,1-2H3. The maximum Gasteiger partial charge on any atom is 0.275 e. The van der Waals surface area contributed by atoms with Crippen LogP contribution in [0, 0.1) is 10.1 Å². The number of nitro groups is 1. The minimum Gasteiger partial charge on any atom is -0.496 e. The molecule has 1 N–H and O–H groups in total. The Morgan fingerprint density at radius 2 is 1.90 bits per heavy atom. The number of non-ortho nitro benzene ring substituents is 1. The highest BCUT2D eigenvalue weighted by molar-refractivity contribution is 5.57. The van der Waals surface area contributed by atoms with Gasteiger partial charge in [-0.25, -0.2) is 0 Å². The van der Waals surface area contributed by atoms with E-state index in [1.807, 2.05) is 37.3 Å². The van der Waals surface area contributed by atoms with Crippen molar-refractivity contribution in [3.8, 4) is 5.75 Å². The van der Waals surface area contributed by atoms with Crippen molar-refractivity contribution in [2.24, 2.45) is 0 Å². The smallest absolute Gasteiger partial charge is 0.275 e. The van der Waals surface area contributed by atoms with E-state index in [2.05, 4.69) is 5.32 Å². The maximum absolute atomic E-state index is 10.9. The lowest BCUT2D eigenvalue weighted by Crippen LogP contribution is -2.06. The van der Waals surface area contributed by atoms with E-state index in [1.54, 1.807) is 6.07 Å². The molecular formula is C15H16N2O3. The van der Waals surface area contributed by atoms with Crippen molar-refractivity contribution in [3.63, 3.8) is 0 Å². The van der Waals surface area contributed by atoms with Crippen LogP contribution < -0.4 is 10.1 Å². The molecule has 0 radical (unpaired) electrons. The molecule has 104 valence electrons. The van der Waals surface area contributed by atoms with Crippen LogP contribution in [0.4, 0.5) is 11.4 Å². The highest BCUT2D eigenvalue weighted by Crippen LogP contribution is 2.28. The van der Waals surface area contributed by atoms with Gasteiger partial charge in [0.15, 0.2) is 0 Å². The lowest BCUT2D eigenvalue weighted by atomic mass is 10.1. The van der Waals surface area contributed by atoms with Crippen molar-refractivity contribution >= 4 is 11.4 Å². The number of rotatable bonds is 5. The summed E-state index contributed by atoms with van der Waals surface area (Å²) in [7, 11) is 1.49. The van der Waals surface area contributed by atoms with Gasteiger partial charge in [-0.15, -0.1) is 0 Å². The molecule has 0 aliphatic heterocycles. The average molecular weight is 272 g/mol. The highest BCUT2D eigenvalue weighted by atomic mass is 16.6. The summed E-state index contributed by atoms with van der Waals surface area (Å²) in [5.74, 6) is 0.460. The molecule has 20 heavy (non-hydrogen) atoms. The van der Waals surface area contributed by atoms with Crippen molar-refractivity contribution in [2.45, 2.75) is 13.0 Å². The molecule has 0 amide bonds. The van der Waals surface area contributed by atoms with Crippen LogP contribution in [0.1, 0.15) is 18.5 Å². The number of ether oxygens (including phenoxy) is 1. The van der Waals surface area contributed by atoms with E-state index in [9.17, 15) is 10.1 Å². The van der Waals surface area contributed by atoms with Crippen LogP contribution >= 0.6 is 0 Å². The summed E-state index contributed by atoms with van der Waals surface area (Å²) in [5.41, 5.74) is 1.78. The second-order valence-electron chi connectivity index (χ2n) is 4.45. The van der Waals surface area contributed by atoms with Gasteiger partial charge < -0.3 is 10.1 Å². The lowest BCUT2D eigenvalue weighted by Gasteiger charge is -2.16. The second-order valence-corrected chi connectivity index (χ2v) is 4.45. The molecule has 2 aromatic rings. The number of hydrogen-bond donors (Lipinski definition) is 1. The zero-order chi connectivity index (χ0) is 14.5. The Morgan fingerprint density at radius 3 is 2.50 bits per heavy atom. The van der Waals surface area contributed by atoms with Crippen LogP contribution in [-0.2, 0) is 0 Å². The Bertz CT molecular complexity index is 599. The van der Waals surface area contributed by atoms with Gasteiger partial charge in [0.25, 0.3) is 5.69 Å². The van der Waals surface area contributed by atoms with E-state index in [0.717, 1.165) is 5.56 Å². The number of benzene rings is 2. The van der Waals surface area contributed by atoms with Crippen LogP contribution in [0.15, 0.2) is 48.5 Å². The number of hydrogen-bond acceptors (Lipinski definition) is 4. The van der Waals surface area contributed by atoms with Gasteiger partial charge in [-0.2, -0.15) is 0 Å². The number of anilines is 1. The summed E-state index contributed by atoms with van der Waals surface area (Å²) >= 11 is 0. The van der Waals surface area contributed by atoms with E-state index in [4.69, 9.17) is 4.74 Å². The maximum atomic E-state index is 10.9. The predicted octanol–water partition coefficient (Wildman–Crippen LogP) is 3.78. The van der Waals surface area contributed by atoms with Crippen molar-refractivity contribution in [1.82, 2.24) is 0 Å².